The van der Waals surface area contributed by atoms with Crippen LogP contribution >= 0.6 is 0 Å². The van der Waals surface area contributed by atoms with Crippen molar-refractivity contribution in [2.45, 2.75) is 24.5 Å². The third kappa shape index (κ3) is 5.12. The van der Waals surface area contributed by atoms with Crippen molar-refractivity contribution in [1.82, 2.24) is 20.2 Å². The van der Waals surface area contributed by atoms with Gasteiger partial charge in [-0.15, -0.1) is 0 Å². The first-order valence-corrected chi connectivity index (χ1v) is 12.2. The topological polar surface area (TPSA) is 97.9 Å². The van der Waals surface area contributed by atoms with E-state index in [1.807, 2.05) is 7.05 Å². The molecule has 1 N–H and O–H groups in total. The highest BCUT2D eigenvalue weighted by molar-refractivity contribution is 5.91. The van der Waals surface area contributed by atoms with Gasteiger partial charge in [-0.3, -0.25) is 14.5 Å². The lowest BCUT2D eigenvalue weighted by Crippen LogP contribution is -2.52. The zero-order valence-corrected chi connectivity index (χ0v) is 20.4. The Balaban J connectivity index is 1.20. The lowest BCUT2D eigenvalue weighted by Gasteiger charge is -2.35. The highest BCUT2D eigenvalue weighted by Crippen LogP contribution is 2.46. The first kappa shape index (κ1) is 25.4. The zero-order chi connectivity index (χ0) is 26.3. The summed E-state index contributed by atoms with van der Waals surface area (Å²) in [7, 11) is 2.01. The van der Waals surface area contributed by atoms with Gasteiger partial charge in [0.05, 0.1) is 37.1 Å². The second-order valence-electron chi connectivity index (χ2n) is 9.72. The number of hydrogen-bond acceptors (Lipinski definition) is 7. The molecule has 0 radical (unpaired) electrons. The summed E-state index contributed by atoms with van der Waals surface area (Å²) in [5, 5.41) is 3.49. The van der Waals surface area contributed by atoms with E-state index in [1.165, 1.54) is 16.0 Å². The Morgan fingerprint density at radius 3 is 2.57 bits per heavy atom. The van der Waals surface area contributed by atoms with Crippen molar-refractivity contribution >= 4 is 29.4 Å². The van der Waals surface area contributed by atoms with Crippen LogP contribution in [0, 0.1) is 5.82 Å². The summed E-state index contributed by atoms with van der Waals surface area (Å²) in [5.74, 6) is -1.99. The zero-order valence-electron chi connectivity index (χ0n) is 20.4. The second-order valence-corrected chi connectivity index (χ2v) is 9.72. The number of nitrogens with one attached hydrogen (secondary N) is 1. The van der Waals surface area contributed by atoms with E-state index >= 15 is 4.39 Å². The summed E-state index contributed by atoms with van der Waals surface area (Å²) in [5.41, 5.74) is -0.525. The van der Waals surface area contributed by atoms with Crippen LogP contribution in [-0.2, 0) is 14.4 Å². The van der Waals surface area contributed by atoms with Gasteiger partial charge in [-0.2, -0.15) is 8.78 Å². The molecule has 202 valence electrons. The number of carbonyl (C=O) groups is 3. The number of ether oxygens (including phenoxy) is 1. The summed E-state index contributed by atoms with van der Waals surface area (Å²) < 4.78 is 45.6. The Labute approximate surface area is 211 Å². The first-order chi connectivity index (χ1) is 17.7. The molecule has 11 nitrogen and oxygen atoms in total. The fraction of sp³-hybridized carbons (Fsp3) is 0.609. The molecule has 4 amide bonds. The average molecular weight is 527 g/mol. The van der Waals surface area contributed by atoms with Crippen molar-refractivity contribution < 1.29 is 37.1 Å². The number of piperazine rings is 1. The predicted octanol–water partition coefficient (Wildman–Crippen LogP) is 1.10. The molecule has 0 bridgehead atoms. The first-order valence-electron chi connectivity index (χ1n) is 12.2. The van der Waals surface area contributed by atoms with Crippen LogP contribution in [0.15, 0.2) is 18.2 Å². The standard InChI is InChI=1S/C23H29F3N6O5/c1-28-4-6-30(7-5-28)21(34)32-9-8-29(10-11-36-32)17-3-2-15(12-16(17)24)31-14-23(37-22(31)35)13-18(23)27-20(33)19(25)26/h2-3,12,18-19H,4-11,13-14H2,1H3,(H,27,33)/t18?,23-/m1/s1. The van der Waals surface area contributed by atoms with E-state index in [1.54, 1.807) is 21.9 Å². The maximum atomic E-state index is 15.2. The molecule has 1 aromatic carbocycles. The molecular formula is C23H29F3N6O5. The molecule has 1 unspecified atom stereocenters. The molecule has 4 fully saturated rings. The van der Waals surface area contributed by atoms with E-state index in [0.717, 1.165) is 13.1 Å². The quantitative estimate of drug-likeness (QED) is 0.628. The lowest BCUT2D eigenvalue weighted by molar-refractivity contribution is -0.132. The fourth-order valence-corrected chi connectivity index (χ4v) is 4.90. The van der Waals surface area contributed by atoms with E-state index in [0.29, 0.717) is 31.9 Å². The molecular weight excluding hydrogens is 497 g/mol. The van der Waals surface area contributed by atoms with Crippen LogP contribution in [0.1, 0.15) is 6.42 Å². The fourth-order valence-electron chi connectivity index (χ4n) is 4.90. The molecule has 1 spiro atoms. The van der Waals surface area contributed by atoms with E-state index in [-0.39, 0.29) is 37.8 Å². The molecule has 1 aliphatic carbocycles. The van der Waals surface area contributed by atoms with Crippen LogP contribution in [0.5, 0.6) is 0 Å². The molecule has 3 saturated heterocycles. The Morgan fingerprint density at radius 1 is 1.11 bits per heavy atom. The van der Waals surface area contributed by atoms with Crippen molar-refractivity contribution in [1.29, 1.82) is 0 Å². The number of alkyl halides is 2. The number of anilines is 2. The monoisotopic (exact) mass is 526 g/mol. The van der Waals surface area contributed by atoms with Crippen LogP contribution < -0.4 is 15.1 Å². The lowest BCUT2D eigenvalue weighted by atomic mass is 10.2. The molecule has 3 heterocycles. The number of hydroxylamine groups is 2. The van der Waals surface area contributed by atoms with Gasteiger partial charge in [-0.1, -0.05) is 0 Å². The molecule has 2 atom stereocenters. The molecule has 0 aromatic heterocycles. The van der Waals surface area contributed by atoms with Gasteiger partial charge in [0.25, 0.3) is 5.91 Å². The molecule has 1 aromatic rings. The molecule has 3 aliphatic heterocycles. The van der Waals surface area contributed by atoms with Crippen molar-refractivity contribution in [3.63, 3.8) is 0 Å². The normalized spacial score (nSPS) is 26.5. The average Bonchev–Trinajstić information content (AvgIpc) is 3.49. The highest BCUT2D eigenvalue weighted by atomic mass is 19.3. The van der Waals surface area contributed by atoms with Crippen LogP contribution in [0.4, 0.5) is 34.1 Å². The molecule has 1 saturated carbocycles. The SMILES string of the molecule is CN1CCN(C(=O)N2CCN(c3ccc(N4C[C@@]5(CC5NC(=O)C(F)F)OC4=O)cc3F)CCO2)CC1. The number of urea groups is 1. The molecule has 5 rings (SSSR count). The molecule has 14 heteroatoms. The van der Waals surface area contributed by atoms with Crippen LogP contribution in [0.3, 0.4) is 0 Å². The predicted molar refractivity (Wildman–Crippen MR) is 125 cm³/mol. The van der Waals surface area contributed by atoms with E-state index in [4.69, 9.17) is 9.57 Å². The highest BCUT2D eigenvalue weighted by Gasteiger charge is 2.64. The number of benzene rings is 1. The number of amides is 4. The third-order valence-corrected chi connectivity index (χ3v) is 7.23. The summed E-state index contributed by atoms with van der Waals surface area (Å²) in [6.45, 7) is 4.02. The van der Waals surface area contributed by atoms with Gasteiger partial charge in [0.1, 0.15) is 5.82 Å². The van der Waals surface area contributed by atoms with E-state index < -0.39 is 35.9 Å². The molecule has 37 heavy (non-hydrogen) atoms. The number of rotatable bonds is 4. The summed E-state index contributed by atoms with van der Waals surface area (Å²) in [4.78, 5) is 49.1. The largest absolute Gasteiger partial charge is 0.438 e. The number of nitrogens with zero attached hydrogens (tertiary/aromatic N) is 5. The minimum atomic E-state index is -3.16. The Kier molecular flexibility index (Phi) is 6.79. The van der Waals surface area contributed by atoms with E-state index in [2.05, 4.69) is 10.2 Å². The number of hydrogen-bond donors (Lipinski definition) is 1. The maximum Gasteiger partial charge on any atom is 0.415 e. The van der Waals surface area contributed by atoms with Gasteiger partial charge in [-0.05, 0) is 25.2 Å². The Hall–Kier alpha value is -3.26. The minimum Gasteiger partial charge on any atom is -0.438 e. The van der Waals surface area contributed by atoms with Gasteiger partial charge < -0.3 is 24.8 Å². The van der Waals surface area contributed by atoms with Gasteiger partial charge in [0, 0.05) is 45.7 Å². The van der Waals surface area contributed by atoms with Gasteiger partial charge in [-0.25, -0.2) is 19.0 Å². The van der Waals surface area contributed by atoms with Crippen molar-refractivity contribution in [3.8, 4) is 0 Å². The van der Waals surface area contributed by atoms with Gasteiger partial charge in [0.15, 0.2) is 5.60 Å². The Bertz CT molecular complexity index is 1070. The summed E-state index contributed by atoms with van der Waals surface area (Å²) in [6, 6.07) is 3.43. The number of likely N-dealkylation sites (N-methyl/N-ethyl adjacent to an activating group) is 1. The minimum absolute atomic E-state index is 0.0136. The summed E-state index contributed by atoms with van der Waals surface area (Å²) >= 11 is 0. The van der Waals surface area contributed by atoms with Crippen molar-refractivity contribution in [2.75, 3.05) is 75.8 Å². The van der Waals surface area contributed by atoms with Crippen LogP contribution in [0.2, 0.25) is 0 Å². The van der Waals surface area contributed by atoms with E-state index in [9.17, 15) is 23.2 Å². The number of carbonyl (C=O) groups excluding carboxylic acids is 3. The van der Waals surface area contributed by atoms with Gasteiger partial charge >= 0.3 is 18.5 Å². The van der Waals surface area contributed by atoms with Crippen molar-refractivity contribution in [3.05, 3.63) is 24.0 Å². The maximum absolute atomic E-state index is 15.2. The second kappa shape index (κ2) is 9.89. The van der Waals surface area contributed by atoms with Gasteiger partial charge in [0.2, 0.25) is 0 Å². The van der Waals surface area contributed by atoms with Crippen LogP contribution in [0.25, 0.3) is 0 Å². The van der Waals surface area contributed by atoms with Crippen molar-refractivity contribution in [2.24, 2.45) is 0 Å². The molecule has 4 aliphatic rings. The van der Waals surface area contributed by atoms with Crippen LogP contribution in [-0.4, -0.2) is 117 Å². The Morgan fingerprint density at radius 2 is 1.86 bits per heavy atom. The third-order valence-electron chi connectivity index (χ3n) is 7.23. The summed E-state index contributed by atoms with van der Waals surface area (Å²) in [6.07, 6.45) is -3.68. The smallest absolute Gasteiger partial charge is 0.415 e. The number of halogens is 3.